The molecular weight excluding hydrogens is 246 g/mol. The number of carbonyl (C=O) groups excluding carboxylic acids is 1. The molecule has 1 unspecified atom stereocenters. The molecule has 1 aromatic heterocycles. The summed E-state index contributed by atoms with van der Waals surface area (Å²) in [5.41, 5.74) is -0.718. The summed E-state index contributed by atoms with van der Waals surface area (Å²) in [7, 11) is 0. The molecule has 0 aliphatic rings. The Morgan fingerprint density at radius 2 is 2.16 bits per heavy atom. The number of amides is 1. The Bertz CT molecular complexity index is 492. The molecule has 0 saturated carbocycles. The molecule has 0 spiro atoms. The van der Waals surface area contributed by atoms with E-state index in [0.29, 0.717) is 13.0 Å². The fourth-order valence-electron chi connectivity index (χ4n) is 1.52. The molecule has 0 aliphatic carbocycles. The Kier molecular flexibility index (Phi) is 5.23. The van der Waals surface area contributed by atoms with Crippen LogP contribution in [0.15, 0.2) is 16.9 Å². The number of aliphatic hydroxyl groups excluding tert-OH is 1. The van der Waals surface area contributed by atoms with Crippen LogP contribution in [0.3, 0.4) is 0 Å². The zero-order valence-electron chi connectivity index (χ0n) is 11.6. The first kappa shape index (κ1) is 15.4. The molecule has 1 amide bonds. The molecule has 0 bridgehead atoms. The Morgan fingerprint density at radius 1 is 1.47 bits per heavy atom. The van der Waals surface area contributed by atoms with Gasteiger partial charge in [-0.25, -0.2) is 4.68 Å². The zero-order valence-corrected chi connectivity index (χ0v) is 11.6. The van der Waals surface area contributed by atoms with Gasteiger partial charge in [0, 0.05) is 12.6 Å². The summed E-state index contributed by atoms with van der Waals surface area (Å²) in [6.07, 6.45) is 1.37. The van der Waals surface area contributed by atoms with Gasteiger partial charge in [0.05, 0.1) is 12.1 Å². The number of hydrogen-bond donors (Lipinski definition) is 2. The minimum absolute atomic E-state index is 0.149. The number of nitrogens with zero attached hydrogens (tertiary/aromatic N) is 2. The lowest BCUT2D eigenvalue weighted by Gasteiger charge is -2.26. The number of carbonyl (C=O) groups is 1. The van der Waals surface area contributed by atoms with Crippen molar-refractivity contribution < 1.29 is 9.90 Å². The molecule has 0 radical (unpaired) electrons. The summed E-state index contributed by atoms with van der Waals surface area (Å²) in [5.74, 6) is -0.386. The van der Waals surface area contributed by atoms with Crippen molar-refractivity contribution in [3.05, 3.63) is 28.2 Å². The zero-order chi connectivity index (χ0) is 14.5. The number of rotatable bonds is 6. The fraction of sp³-hybridized carbons (Fsp3) is 0.615. The topological polar surface area (TPSA) is 84.2 Å². The molecule has 1 rings (SSSR count). The summed E-state index contributed by atoms with van der Waals surface area (Å²) >= 11 is 0. The van der Waals surface area contributed by atoms with Crippen molar-refractivity contribution in [2.45, 2.75) is 45.7 Å². The fourth-order valence-corrected chi connectivity index (χ4v) is 1.52. The van der Waals surface area contributed by atoms with Crippen molar-refractivity contribution in [3.63, 3.8) is 0 Å². The molecule has 6 nitrogen and oxygen atoms in total. The van der Waals surface area contributed by atoms with E-state index >= 15 is 0 Å². The molecule has 1 heterocycles. The van der Waals surface area contributed by atoms with Gasteiger partial charge < -0.3 is 10.4 Å². The highest BCUT2D eigenvalue weighted by Crippen LogP contribution is 2.08. The van der Waals surface area contributed by atoms with Gasteiger partial charge in [0.25, 0.3) is 11.5 Å². The summed E-state index contributed by atoms with van der Waals surface area (Å²) in [4.78, 5) is 23.6. The van der Waals surface area contributed by atoms with E-state index < -0.39 is 5.54 Å². The van der Waals surface area contributed by atoms with Gasteiger partial charge in [-0.05, 0) is 25.8 Å². The lowest BCUT2D eigenvalue weighted by atomic mass is 10.00. The standard InChI is InChI=1S/C13H21N3O3/c1-4-8-16-11(18)7-6-10(15-16)12(19)14-13(3,5-2)9-17/h6-7,17H,4-5,8-9H2,1-3H3,(H,14,19). The Morgan fingerprint density at radius 3 is 2.68 bits per heavy atom. The van der Waals surface area contributed by atoms with Crippen LogP contribution >= 0.6 is 0 Å². The van der Waals surface area contributed by atoms with E-state index in [1.807, 2.05) is 13.8 Å². The highest BCUT2D eigenvalue weighted by Gasteiger charge is 2.24. The van der Waals surface area contributed by atoms with Crippen molar-refractivity contribution in [3.8, 4) is 0 Å². The van der Waals surface area contributed by atoms with Gasteiger partial charge in [-0.3, -0.25) is 9.59 Å². The smallest absolute Gasteiger partial charge is 0.272 e. The lowest BCUT2D eigenvalue weighted by molar-refractivity contribution is 0.0839. The molecule has 1 aromatic rings. The maximum atomic E-state index is 12.0. The molecule has 2 N–H and O–H groups in total. The normalized spacial score (nSPS) is 13.9. The molecule has 106 valence electrons. The Hall–Kier alpha value is -1.69. The molecule has 19 heavy (non-hydrogen) atoms. The van der Waals surface area contributed by atoms with E-state index in [4.69, 9.17) is 0 Å². The van der Waals surface area contributed by atoms with E-state index in [-0.39, 0.29) is 23.8 Å². The first-order valence-electron chi connectivity index (χ1n) is 6.47. The van der Waals surface area contributed by atoms with Crippen molar-refractivity contribution in [2.75, 3.05) is 6.61 Å². The van der Waals surface area contributed by atoms with Crippen LogP contribution in [0, 0.1) is 0 Å². The van der Waals surface area contributed by atoms with Crippen molar-refractivity contribution in [2.24, 2.45) is 0 Å². The van der Waals surface area contributed by atoms with Gasteiger partial charge in [0.2, 0.25) is 0 Å². The van der Waals surface area contributed by atoms with Crippen LogP contribution in [0.25, 0.3) is 0 Å². The molecular formula is C13H21N3O3. The monoisotopic (exact) mass is 267 g/mol. The van der Waals surface area contributed by atoms with Crippen LogP contribution in [0.1, 0.15) is 44.1 Å². The summed E-state index contributed by atoms with van der Waals surface area (Å²) < 4.78 is 1.27. The quantitative estimate of drug-likeness (QED) is 0.788. The van der Waals surface area contributed by atoms with Crippen molar-refractivity contribution in [1.29, 1.82) is 0 Å². The number of aliphatic hydroxyl groups is 1. The van der Waals surface area contributed by atoms with Crippen LogP contribution in [-0.4, -0.2) is 32.9 Å². The van der Waals surface area contributed by atoms with Gasteiger partial charge in [0.15, 0.2) is 0 Å². The van der Waals surface area contributed by atoms with Crippen LogP contribution < -0.4 is 10.9 Å². The third kappa shape index (κ3) is 3.89. The Labute approximate surface area is 112 Å². The minimum atomic E-state index is -0.676. The maximum absolute atomic E-state index is 12.0. The molecule has 0 fully saturated rings. The summed E-state index contributed by atoms with van der Waals surface area (Å²) in [6.45, 7) is 5.89. The largest absolute Gasteiger partial charge is 0.394 e. The summed E-state index contributed by atoms with van der Waals surface area (Å²) in [6, 6.07) is 2.73. The highest BCUT2D eigenvalue weighted by atomic mass is 16.3. The van der Waals surface area contributed by atoms with Gasteiger partial charge in [-0.1, -0.05) is 13.8 Å². The first-order chi connectivity index (χ1) is 8.95. The second-order valence-corrected chi connectivity index (χ2v) is 4.81. The highest BCUT2D eigenvalue weighted by molar-refractivity contribution is 5.92. The van der Waals surface area contributed by atoms with Gasteiger partial charge in [-0.2, -0.15) is 5.10 Å². The number of hydrogen-bond acceptors (Lipinski definition) is 4. The van der Waals surface area contributed by atoms with E-state index in [9.17, 15) is 14.7 Å². The predicted octanol–water partition coefficient (Wildman–Crippen LogP) is 0.544. The van der Waals surface area contributed by atoms with Crippen LogP contribution in [0.2, 0.25) is 0 Å². The molecule has 0 aliphatic heterocycles. The third-order valence-corrected chi connectivity index (χ3v) is 3.08. The lowest BCUT2D eigenvalue weighted by Crippen LogP contribution is -2.48. The maximum Gasteiger partial charge on any atom is 0.272 e. The van der Waals surface area contributed by atoms with Crippen LogP contribution in [-0.2, 0) is 6.54 Å². The molecule has 0 saturated heterocycles. The van der Waals surface area contributed by atoms with Gasteiger partial charge in [-0.15, -0.1) is 0 Å². The third-order valence-electron chi connectivity index (χ3n) is 3.08. The van der Waals surface area contributed by atoms with E-state index in [2.05, 4.69) is 10.4 Å². The molecule has 0 aromatic carbocycles. The van der Waals surface area contributed by atoms with Crippen molar-refractivity contribution in [1.82, 2.24) is 15.1 Å². The van der Waals surface area contributed by atoms with Crippen LogP contribution in [0.4, 0.5) is 0 Å². The first-order valence-corrected chi connectivity index (χ1v) is 6.47. The van der Waals surface area contributed by atoms with Crippen molar-refractivity contribution >= 4 is 5.91 Å². The average Bonchev–Trinajstić information content (AvgIpc) is 2.41. The van der Waals surface area contributed by atoms with E-state index in [0.717, 1.165) is 6.42 Å². The predicted molar refractivity (Wildman–Crippen MR) is 72.0 cm³/mol. The second-order valence-electron chi connectivity index (χ2n) is 4.81. The molecule has 1 atom stereocenters. The van der Waals surface area contributed by atoms with E-state index in [1.54, 1.807) is 6.92 Å². The SMILES string of the molecule is CCCn1nc(C(=O)NC(C)(CC)CO)ccc1=O. The van der Waals surface area contributed by atoms with Gasteiger partial charge >= 0.3 is 0 Å². The number of nitrogens with one attached hydrogen (secondary N) is 1. The molecule has 6 heteroatoms. The second kappa shape index (κ2) is 6.47. The van der Waals surface area contributed by atoms with E-state index in [1.165, 1.54) is 16.8 Å². The van der Waals surface area contributed by atoms with Gasteiger partial charge in [0.1, 0.15) is 5.69 Å². The minimum Gasteiger partial charge on any atom is -0.394 e. The number of aromatic nitrogens is 2. The Balaban J connectivity index is 2.94. The number of aryl methyl sites for hydroxylation is 1. The summed E-state index contributed by atoms with van der Waals surface area (Å²) in [5, 5.41) is 16.0. The average molecular weight is 267 g/mol. The van der Waals surface area contributed by atoms with Crippen LogP contribution in [0.5, 0.6) is 0 Å².